The van der Waals surface area contributed by atoms with E-state index in [-0.39, 0.29) is 18.9 Å². The second-order valence-corrected chi connectivity index (χ2v) is 13.4. The van der Waals surface area contributed by atoms with Gasteiger partial charge in [0.25, 0.3) is 0 Å². The van der Waals surface area contributed by atoms with Gasteiger partial charge in [-0.3, -0.25) is 13.9 Å². The number of halogens is 1. The summed E-state index contributed by atoms with van der Waals surface area (Å²) in [6.07, 6.45) is 1.31. The summed E-state index contributed by atoms with van der Waals surface area (Å²) in [4.78, 5) is 29.5. The van der Waals surface area contributed by atoms with Crippen LogP contribution >= 0.6 is 11.6 Å². The molecule has 0 radical (unpaired) electrons. The lowest BCUT2D eigenvalue weighted by Crippen LogP contribution is -2.56. The second-order valence-electron chi connectivity index (χ2n) is 11.0. The Kier molecular flexibility index (Phi) is 10.0. The third-order valence-electron chi connectivity index (χ3n) is 6.56. The first-order chi connectivity index (χ1) is 18.7. The molecule has 1 atom stereocenters. The van der Waals surface area contributed by atoms with Gasteiger partial charge < -0.3 is 10.2 Å². The molecular weight excluding hydrogens is 546 g/mol. The van der Waals surface area contributed by atoms with Gasteiger partial charge >= 0.3 is 0 Å². The van der Waals surface area contributed by atoms with Crippen molar-refractivity contribution in [3.05, 3.63) is 100 Å². The molecule has 0 aliphatic carbocycles. The van der Waals surface area contributed by atoms with Crippen LogP contribution in [0.3, 0.4) is 0 Å². The van der Waals surface area contributed by atoms with Crippen molar-refractivity contribution in [2.75, 3.05) is 17.1 Å². The Morgan fingerprint density at radius 1 is 0.925 bits per heavy atom. The van der Waals surface area contributed by atoms with Gasteiger partial charge in [-0.2, -0.15) is 0 Å². The van der Waals surface area contributed by atoms with Crippen LogP contribution in [0.1, 0.15) is 43.0 Å². The monoisotopic (exact) mass is 583 g/mol. The standard InChI is InChI=1S/C31H38ClN3O4S/c1-22-13-10-11-16-25(22)20-34(28(30(37)33-31(3,4)5)19-24-14-8-7-9-15-24)29(36)21-35(40(6,38)39)27-18-12-17-26(32)23(27)2/h7-18,28H,19-21H2,1-6H3,(H,33,37)/t28-/m0/s1. The maximum atomic E-state index is 14.2. The average Bonchev–Trinajstić information content (AvgIpc) is 2.86. The summed E-state index contributed by atoms with van der Waals surface area (Å²) in [6, 6.07) is 21.2. The van der Waals surface area contributed by atoms with E-state index in [4.69, 9.17) is 11.6 Å². The van der Waals surface area contributed by atoms with Crippen LogP contribution in [0.25, 0.3) is 0 Å². The summed E-state index contributed by atoms with van der Waals surface area (Å²) < 4.78 is 27.0. The number of carbonyl (C=O) groups is 2. The van der Waals surface area contributed by atoms with Crippen molar-refractivity contribution in [1.82, 2.24) is 10.2 Å². The van der Waals surface area contributed by atoms with Crippen LogP contribution in [0.5, 0.6) is 0 Å². The average molecular weight is 584 g/mol. The van der Waals surface area contributed by atoms with Crippen molar-refractivity contribution in [1.29, 1.82) is 0 Å². The second kappa shape index (κ2) is 12.9. The van der Waals surface area contributed by atoms with Crippen molar-refractivity contribution >= 4 is 39.1 Å². The van der Waals surface area contributed by atoms with Gasteiger partial charge in [-0.05, 0) is 69.0 Å². The van der Waals surface area contributed by atoms with Crippen LogP contribution < -0.4 is 9.62 Å². The van der Waals surface area contributed by atoms with Gasteiger partial charge in [0.2, 0.25) is 21.8 Å². The maximum Gasteiger partial charge on any atom is 0.244 e. The van der Waals surface area contributed by atoms with E-state index < -0.39 is 34.1 Å². The number of amides is 2. The number of aryl methyl sites for hydroxylation is 1. The maximum absolute atomic E-state index is 14.2. The molecule has 0 aromatic heterocycles. The molecule has 0 bridgehead atoms. The molecule has 0 aliphatic heterocycles. The summed E-state index contributed by atoms with van der Waals surface area (Å²) in [5.41, 5.74) is 3.02. The van der Waals surface area contributed by atoms with E-state index in [1.165, 1.54) is 4.90 Å². The summed E-state index contributed by atoms with van der Waals surface area (Å²) in [6.45, 7) is 8.94. The highest BCUT2D eigenvalue weighted by atomic mass is 35.5. The van der Waals surface area contributed by atoms with Gasteiger partial charge in [-0.25, -0.2) is 8.42 Å². The van der Waals surface area contributed by atoms with Crippen LogP contribution in [0.15, 0.2) is 72.8 Å². The number of hydrogen-bond donors (Lipinski definition) is 1. The summed E-state index contributed by atoms with van der Waals surface area (Å²) in [5, 5.41) is 3.42. The van der Waals surface area contributed by atoms with Gasteiger partial charge in [-0.15, -0.1) is 0 Å². The Bertz CT molecular complexity index is 1450. The first-order valence-electron chi connectivity index (χ1n) is 13.1. The fourth-order valence-corrected chi connectivity index (χ4v) is 5.51. The normalized spacial score (nSPS) is 12.5. The van der Waals surface area contributed by atoms with Crippen LogP contribution in [-0.4, -0.2) is 49.5 Å². The SMILES string of the molecule is Cc1ccccc1CN(C(=O)CN(c1cccc(Cl)c1C)S(C)(=O)=O)[C@@H](Cc1ccccc1)C(=O)NC(C)(C)C. The summed E-state index contributed by atoms with van der Waals surface area (Å²) in [5.74, 6) is -0.818. The molecule has 0 unspecified atom stereocenters. The molecule has 3 aromatic carbocycles. The molecule has 0 spiro atoms. The highest BCUT2D eigenvalue weighted by molar-refractivity contribution is 7.92. The minimum atomic E-state index is -3.87. The number of nitrogens with zero attached hydrogens (tertiary/aromatic N) is 2. The molecule has 3 rings (SSSR count). The van der Waals surface area contributed by atoms with E-state index in [2.05, 4.69) is 5.32 Å². The van der Waals surface area contributed by atoms with Gasteiger partial charge in [0.05, 0.1) is 11.9 Å². The molecule has 40 heavy (non-hydrogen) atoms. The smallest absolute Gasteiger partial charge is 0.244 e. The Morgan fingerprint density at radius 3 is 2.15 bits per heavy atom. The van der Waals surface area contributed by atoms with Crippen molar-refractivity contribution in [2.24, 2.45) is 0 Å². The van der Waals surface area contributed by atoms with Crippen LogP contribution in [0.2, 0.25) is 5.02 Å². The van der Waals surface area contributed by atoms with E-state index in [1.807, 2.05) is 82.3 Å². The third-order valence-corrected chi connectivity index (χ3v) is 8.09. The molecule has 0 saturated heterocycles. The lowest BCUT2D eigenvalue weighted by molar-refractivity contribution is -0.140. The van der Waals surface area contributed by atoms with Crippen molar-refractivity contribution in [3.63, 3.8) is 0 Å². The Morgan fingerprint density at radius 2 is 1.55 bits per heavy atom. The fourth-order valence-electron chi connectivity index (χ4n) is 4.44. The third kappa shape index (κ3) is 8.32. The van der Waals surface area contributed by atoms with E-state index in [0.29, 0.717) is 16.3 Å². The van der Waals surface area contributed by atoms with Crippen molar-refractivity contribution in [3.8, 4) is 0 Å². The van der Waals surface area contributed by atoms with Crippen LogP contribution in [0.4, 0.5) is 5.69 Å². The molecule has 0 heterocycles. The molecule has 0 aliphatic rings. The highest BCUT2D eigenvalue weighted by Crippen LogP contribution is 2.29. The minimum Gasteiger partial charge on any atom is -0.350 e. The zero-order chi connectivity index (χ0) is 29.7. The number of rotatable bonds is 10. The topological polar surface area (TPSA) is 86.8 Å². The molecule has 0 saturated carbocycles. The number of benzene rings is 3. The molecule has 2 amide bonds. The number of carbonyl (C=O) groups excluding carboxylic acids is 2. The van der Waals surface area contributed by atoms with E-state index >= 15 is 0 Å². The fraction of sp³-hybridized carbons (Fsp3) is 0.355. The van der Waals surface area contributed by atoms with Crippen LogP contribution in [-0.2, 0) is 32.6 Å². The zero-order valence-electron chi connectivity index (χ0n) is 23.9. The predicted octanol–water partition coefficient (Wildman–Crippen LogP) is 5.28. The molecule has 3 aromatic rings. The van der Waals surface area contributed by atoms with E-state index in [0.717, 1.165) is 27.3 Å². The highest BCUT2D eigenvalue weighted by Gasteiger charge is 2.34. The van der Waals surface area contributed by atoms with E-state index in [9.17, 15) is 18.0 Å². The first kappa shape index (κ1) is 31.2. The first-order valence-corrected chi connectivity index (χ1v) is 15.3. The molecule has 214 valence electrons. The zero-order valence-corrected chi connectivity index (χ0v) is 25.5. The molecule has 0 fully saturated rings. The number of nitrogens with one attached hydrogen (secondary N) is 1. The van der Waals surface area contributed by atoms with Crippen molar-refractivity contribution in [2.45, 2.75) is 59.2 Å². The number of hydrogen-bond acceptors (Lipinski definition) is 4. The molecule has 7 nitrogen and oxygen atoms in total. The van der Waals surface area contributed by atoms with Crippen molar-refractivity contribution < 1.29 is 18.0 Å². The summed E-state index contributed by atoms with van der Waals surface area (Å²) >= 11 is 6.31. The molecular formula is C31H38ClN3O4S. The van der Waals surface area contributed by atoms with Crippen LogP contribution in [0, 0.1) is 13.8 Å². The summed E-state index contributed by atoms with van der Waals surface area (Å²) in [7, 11) is -3.87. The van der Waals surface area contributed by atoms with Gasteiger partial charge in [-0.1, -0.05) is 72.3 Å². The lowest BCUT2D eigenvalue weighted by Gasteiger charge is -2.35. The largest absolute Gasteiger partial charge is 0.350 e. The van der Waals surface area contributed by atoms with Gasteiger partial charge in [0.1, 0.15) is 12.6 Å². The number of anilines is 1. The predicted molar refractivity (Wildman–Crippen MR) is 162 cm³/mol. The Balaban J connectivity index is 2.11. The Hall–Kier alpha value is -3.36. The van der Waals surface area contributed by atoms with E-state index in [1.54, 1.807) is 25.1 Å². The number of sulfonamides is 1. The van der Waals surface area contributed by atoms with Gasteiger partial charge in [0.15, 0.2) is 0 Å². The lowest BCUT2D eigenvalue weighted by atomic mass is 10.00. The molecule has 1 N–H and O–H groups in total. The quantitative estimate of drug-likeness (QED) is 0.352. The minimum absolute atomic E-state index is 0.132. The Labute approximate surface area is 243 Å². The molecule has 9 heteroatoms. The van der Waals surface area contributed by atoms with Gasteiger partial charge in [0, 0.05) is 23.5 Å².